The number of amides is 1. The molecule has 1 amide bonds. The molecule has 0 fully saturated rings. The molecule has 0 radical (unpaired) electrons. The topological polar surface area (TPSA) is 62.0 Å². The largest absolute Gasteiger partial charge is 0.416 e. The van der Waals surface area contributed by atoms with Crippen molar-refractivity contribution >= 4 is 28.6 Å². The first-order chi connectivity index (χ1) is 13.7. The highest BCUT2D eigenvalue weighted by atomic mass is 32.2. The normalized spacial score (nSPS) is 11.6. The number of rotatable bonds is 5. The van der Waals surface area contributed by atoms with E-state index in [0.717, 1.165) is 30.0 Å². The lowest BCUT2D eigenvalue weighted by atomic mass is 10.1. The summed E-state index contributed by atoms with van der Waals surface area (Å²) in [6.07, 6.45) is -4.55. The van der Waals surface area contributed by atoms with E-state index in [4.69, 9.17) is 0 Å². The smallest absolute Gasteiger partial charge is 0.349 e. The molecular formula is C20H16F4N2O2S. The number of pyridine rings is 1. The first-order valence-corrected chi connectivity index (χ1v) is 9.62. The number of fused-ring (bicyclic) bond motifs is 1. The maximum Gasteiger partial charge on any atom is 0.416 e. The summed E-state index contributed by atoms with van der Waals surface area (Å²) in [4.78, 5) is 28.3. The molecule has 0 spiro atoms. The Balaban J connectivity index is 2.00. The zero-order valence-electron chi connectivity index (χ0n) is 15.2. The standard InChI is InChI=1S/C20H16F4N2O2S/c1-2-29-19-16(18(28)25-10-11-3-6-13(21)7-4-11)17(27)14-8-5-12(20(22,23)24)9-15(14)26-19/h3-9H,2,10H2,1H3,(H,25,28)(H,26,27). The van der Waals surface area contributed by atoms with Crippen LogP contribution in [0.25, 0.3) is 10.9 Å². The summed E-state index contributed by atoms with van der Waals surface area (Å²) in [5, 5.41) is 2.79. The quantitative estimate of drug-likeness (QED) is 0.460. The van der Waals surface area contributed by atoms with E-state index in [1.165, 1.54) is 24.3 Å². The van der Waals surface area contributed by atoms with E-state index >= 15 is 0 Å². The van der Waals surface area contributed by atoms with Crippen molar-refractivity contribution in [2.45, 2.75) is 24.7 Å². The molecule has 29 heavy (non-hydrogen) atoms. The number of thioether (sulfide) groups is 1. The predicted octanol–water partition coefficient (Wildman–Crippen LogP) is 4.73. The highest BCUT2D eigenvalue weighted by Gasteiger charge is 2.31. The van der Waals surface area contributed by atoms with Crippen LogP contribution in [-0.2, 0) is 12.7 Å². The van der Waals surface area contributed by atoms with Gasteiger partial charge in [0.15, 0.2) is 0 Å². The number of carbonyl (C=O) groups excluding carboxylic acids is 1. The third kappa shape index (κ3) is 4.61. The van der Waals surface area contributed by atoms with Crippen LogP contribution in [0.5, 0.6) is 0 Å². The second kappa shape index (κ2) is 8.28. The van der Waals surface area contributed by atoms with Gasteiger partial charge in [-0.2, -0.15) is 13.2 Å². The number of halogens is 4. The minimum Gasteiger partial charge on any atom is -0.349 e. The second-order valence-electron chi connectivity index (χ2n) is 6.16. The van der Waals surface area contributed by atoms with Crippen LogP contribution in [0.4, 0.5) is 17.6 Å². The molecule has 0 bridgehead atoms. The van der Waals surface area contributed by atoms with Crippen molar-refractivity contribution in [2.24, 2.45) is 0 Å². The van der Waals surface area contributed by atoms with Crippen molar-refractivity contribution < 1.29 is 22.4 Å². The fourth-order valence-electron chi connectivity index (χ4n) is 2.78. The molecular weight excluding hydrogens is 408 g/mol. The van der Waals surface area contributed by atoms with Crippen molar-refractivity contribution in [1.82, 2.24) is 10.3 Å². The summed E-state index contributed by atoms with van der Waals surface area (Å²) in [5.74, 6) is -0.571. The van der Waals surface area contributed by atoms with Gasteiger partial charge in [-0.3, -0.25) is 9.59 Å². The van der Waals surface area contributed by atoms with Crippen LogP contribution in [0.1, 0.15) is 28.4 Å². The van der Waals surface area contributed by atoms with Crippen molar-refractivity contribution in [3.8, 4) is 0 Å². The van der Waals surface area contributed by atoms with Gasteiger partial charge >= 0.3 is 6.18 Å². The van der Waals surface area contributed by atoms with Gasteiger partial charge in [-0.05, 0) is 41.6 Å². The molecule has 0 aliphatic heterocycles. The summed E-state index contributed by atoms with van der Waals surface area (Å²) in [5.41, 5.74) is -1.06. The van der Waals surface area contributed by atoms with E-state index in [1.807, 2.05) is 0 Å². The number of carbonyl (C=O) groups is 1. The summed E-state index contributed by atoms with van der Waals surface area (Å²) >= 11 is 1.15. The van der Waals surface area contributed by atoms with Crippen LogP contribution in [0, 0.1) is 5.82 Å². The van der Waals surface area contributed by atoms with E-state index in [-0.39, 0.29) is 28.0 Å². The minimum absolute atomic E-state index is 0.00890. The molecule has 152 valence electrons. The number of aromatic nitrogens is 1. The summed E-state index contributed by atoms with van der Waals surface area (Å²) in [7, 11) is 0. The third-order valence-electron chi connectivity index (χ3n) is 4.18. The second-order valence-corrected chi connectivity index (χ2v) is 7.43. The molecule has 2 aromatic carbocycles. The number of hydrogen-bond acceptors (Lipinski definition) is 3. The average molecular weight is 424 g/mol. The molecule has 1 heterocycles. The maximum atomic E-state index is 13.0. The van der Waals surface area contributed by atoms with Gasteiger partial charge in [-0.1, -0.05) is 19.1 Å². The zero-order chi connectivity index (χ0) is 21.2. The van der Waals surface area contributed by atoms with Gasteiger partial charge in [0, 0.05) is 11.9 Å². The molecule has 1 aromatic heterocycles. The fraction of sp³-hybridized carbons (Fsp3) is 0.200. The van der Waals surface area contributed by atoms with Crippen LogP contribution in [0.3, 0.4) is 0 Å². The van der Waals surface area contributed by atoms with E-state index in [2.05, 4.69) is 10.3 Å². The van der Waals surface area contributed by atoms with Gasteiger partial charge in [0.25, 0.3) is 5.91 Å². The third-order valence-corrected chi connectivity index (χ3v) is 5.06. The summed E-state index contributed by atoms with van der Waals surface area (Å²) in [6.45, 7) is 1.86. The van der Waals surface area contributed by atoms with E-state index in [9.17, 15) is 27.2 Å². The molecule has 3 rings (SSSR count). The molecule has 0 atom stereocenters. The van der Waals surface area contributed by atoms with Crippen molar-refractivity contribution in [2.75, 3.05) is 5.75 Å². The Labute approximate surface area is 167 Å². The Kier molecular flexibility index (Phi) is 5.97. The monoisotopic (exact) mass is 424 g/mol. The molecule has 0 unspecified atom stereocenters. The first kappa shape index (κ1) is 20.9. The average Bonchev–Trinajstić information content (AvgIpc) is 2.66. The molecule has 4 nitrogen and oxygen atoms in total. The Bertz CT molecular complexity index is 1110. The Morgan fingerprint density at radius 3 is 2.45 bits per heavy atom. The number of aromatic amines is 1. The summed E-state index contributed by atoms with van der Waals surface area (Å²) in [6, 6.07) is 8.23. The molecule has 0 aliphatic carbocycles. The van der Waals surface area contributed by atoms with E-state index in [0.29, 0.717) is 11.3 Å². The predicted molar refractivity (Wildman–Crippen MR) is 104 cm³/mol. The van der Waals surface area contributed by atoms with Gasteiger partial charge in [0.1, 0.15) is 11.4 Å². The van der Waals surface area contributed by atoms with Crippen molar-refractivity contribution in [3.05, 3.63) is 75.2 Å². The SMILES string of the molecule is CCSc1[nH]c2cc(C(F)(F)F)ccc2c(=O)c1C(=O)NCc1ccc(F)cc1. The minimum atomic E-state index is -4.55. The molecule has 9 heteroatoms. The number of benzene rings is 2. The van der Waals surface area contributed by atoms with Gasteiger partial charge in [-0.25, -0.2) is 4.39 Å². The zero-order valence-corrected chi connectivity index (χ0v) is 16.0. The van der Waals surface area contributed by atoms with Gasteiger partial charge in [0.05, 0.1) is 16.1 Å². The van der Waals surface area contributed by atoms with Crippen LogP contribution in [0.15, 0.2) is 52.3 Å². The van der Waals surface area contributed by atoms with Gasteiger partial charge in [0.2, 0.25) is 5.43 Å². The highest BCUT2D eigenvalue weighted by molar-refractivity contribution is 7.99. The summed E-state index contributed by atoms with van der Waals surface area (Å²) < 4.78 is 51.9. The number of alkyl halides is 3. The molecule has 0 aliphatic rings. The van der Waals surface area contributed by atoms with Crippen molar-refractivity contribution in [3.63, 3.8) is 0 Å². The van der Waals surface area contributed by atoms with Gasteiger partial charge in [-0.15, -0.1) is 11.8 Å². The van der Waals surface area contributed by atoms with Crippen LogP contribution >= 0.6 is 11.8 Å². The van der Waals surface area contributed by atoms with Crippen LogP contribution in [-0.4, -0.2) is 16.6 Å². The lowest BCUT2D eigenvalue weighted by Crippen LogP contribution is -2.29. The highest BCUT2D eigenvalue weighted by Crippen LogP contribution is 2.31. The van der Waals surface area contributed by atoms with Crippen molar-refractivity contribution in [1.29, 1.82) is 0 Å². The Morgan fingerprint density at radius 1 is 1.14 bits per heavy atom. The maximum absolute atomic E-state index is 13.0. The molecule has 2 N–H and O–H groups in total. The molecule has 3 aromatic rings. The molecule has 0 saturated heterocycles. The van der Waals surface area contributed by atoms with Crippen LogP contribution < -0.4 is 10.7 Å². The van der Waals surface area contributed by atoms with E-state index < -0.39 is 28.9 Å². The number of hydrogen-bond donors (Lipinski definition) is 2. The Morgan fingerprint density at radius 2 is 1.83 bits per heavy atom. The molecule has 0 saturated carbocycles. The lowest BCUT2D eigenvalue weighted by Gasteiger charge is -2.13. The number of H-pyrrole nitrogens is 1. The van der Waals surface area contributed by atoms with E-state index in [1.54, 1.807) is 6.92 Å². The lowest BCUT2D eigenvalue weighted by molar-refractivity contribution is -0.137. The Hall–Kier alpha value is -2.81. The first-order valence-electron chi connectivity index (χ1n) is 8.63. The number of nitrogens with one attached hydrogen (secondary N) is 2. The van der Waals surface area contributed by atoms with Crippen LogP contribution in [0.2, 0.25) is 0 Å². The fourth-order valence-corrected chi connectivity index (χ4v) is 3.58. The van der Waals surface area contributed by atoms with Gasteiger partial charge < -0.3 is 10.3 Å².